The normalized spacial score (nSPS) is 13.7. The van der Waals surface area contributed by atoms with Crippen molar-refractivity contribution >= 4 is 18.4 Å². The third-order valence-corrected chi connectivity index (χ3v) is 5.50. The molecule has 4 heteroatoms. The number of hydrogen-bond donors (Lipinski definition) is 0. The van der Waals surface area contributed by atoms with Crippen molar-refractivity contribution in [3.63, 3.8) is 0 Å². The Morgan fingerprint density at radius 3 is 2.28 bits per heavy atom. The molecule has 0 aliphatic heterocycles. The molecule has 0 amide bonds. The van der Waals surface area contributed by atoms with Crippen molar-refractivity contribution in [3.8, 4) is 0 Å². The predicted molar refractivity (Wildman–Crippen MR) is 74.0 cm³/mol. The first kappa shape index (κ1) is 13.3. The Kier molecular flexibility index (Phi) is 3.86. The van der Waals surface area contributed by atoms with Gasteiger partial charge in [0.2, 0.25) is 0 Å². The highest BCUT2D eigenvalue weighted by atomic mass is 31.2. The van der Waals surface area contributed by atoms with E-state index in [2.05, 4.69) is 0 Å². The summed E-state index contributed by atoms with van der Waals surface area (Å²) in [5.74, 6) is 0. The molecular weight excluding hydrogens is 247 g/mol. The van der Waals surface area contributed by atoms with Crippen molar-refractivity contribution in [2.24, 2.45) is 0 Å². The second-order valence-electron chi connectivity index (χ2n) is 4.15. The SMILES string of the molecule is COP(=O)(OC)[C@H](C)c1cccc2ccccc12. The van der Waals surface area contributed by atoms with Crippen LogP contribution in [0.2, 0.25) is 0 Å². The van der Waals surface area contributed by atoms with Gasteiger partial charge in [0.25, 0.3) is 0 Å². The second-order valence-corrected chi connectivity index (χ2v) is 6.73. The van der Waals surface area contributed by atoms with E-state index in [0.717, 1.165) is 16.3 Å². The zero-order valence-electron chi connectivity index (χ0n) is 10.8. The van der Waals surface area contributed by atoms with E-state index in [1.165, 1.54) is 14.2 Å². The first-order chi connectivity index (χ1) is 8.62. The Hall–Kier alpha value is -1.15. The molecule has 2 aromatic carbocycles. The lowest BCUT2D eigenvalue weighted by atomic mass is 10.0. The average molecular weight is 264 g/mol. The van der Waals surface area contributed by atoms with E-state index in [4.69, 9.17) is 9.05 Å². The average Bonchev–Trinajstić information content (AvgIpc) is 2.45. The smallest absolute Gasteiger partial charge is 0.312 e. The Bertz CT molecular complexity index is 581. The Balaban J connectivity index is 2.58. The molecule has 96 valence electrons. The summed E-state index contributed by atoms with van der Waals surface area (Å²) in [6.07, 6.45) is 0. The van der Waals surface area contributed by atoms with Crippen molar-refractivity contribution in [3.05, 3.63) is 48.0 Å². The number of hydrogen-bond acceptors (Lipinski definition) is 3. The zero-order valence-corrected chi connectivity index (χ0v) is 11.7. The first-order valence-electron chi connectivity index (χ1n) is 5.81. The molecule has 0 saturated carbocycles. The molecule has 0 heterocycles. The minimum absolute atomic E-state index is 0.293. The van der Waals surface area contributed by atoms with Crippen molar-refractivity contribution in [1.29, 1.82) is 0 Å². The van der Waals surface area contributed by atoms with Crippen molar-refractivity contribution in [1.82, 2.24) is 0 Å². The maximum atomic E-state index is 12.5. The topological polar surface area (TPSA) is 35.5 Å². The molecule has 18 heavy (non-hydrogen) atoms. The van der Waals surface area contributed by atoms with E-state index in [1.54, 1.807) is 0 Å². The monoisotopic (exact) mass is 264 g/mol. The van der Waals surface area contributed by atoms with Crippen molar-refractivity contribution in [2.75, 3.05) is 14.2 Å². The zero-order chi connectivity index (χ0) is 13.2. The third kappa shape index (κ3) is 2.22. The molecule has 0 aliphatic rings. The van der Waals surface area contributed by atoms with Crippen molar-refractivity contribution < 1.29 is 13.6 Å². The third-order valence-electron chi connectivity index (χ3n) is 3.26. The quantitative estimate of drug-likeness (QED) is 0.768. The molecule has 0 saturated heterocycles. The van der Waals surface area contributed by atoms with Gasteiger partial charge in [0, 0.05) is 14.2 Å². The summed E-state index contributed by atoms with van der Waals surface area (Å²) in [6, 6.07) is 14.0. The fraction of sp³-hybridized carbons (Fsp3) is 0.286. The van der Waals surface area contributed by atoms with E-state index in [-0.39, 0.29) is 5.66 Å². The van der Waals surface area contributed by atoms with Crippen LogP contribution < -0.4 is 0 Å². The van der Waals surface area contributed by atoms with Crippen LogP contribution in [0.25, 0.3) is 10.8 Å². The van der Waals surface area contributed by atoms with E-state index >= 15 is 0 Å². The van der Waals surface area contributed by atoms with Crippen LogP contribution in [0.1, 0.15) is 18.1 Å². The summed E-state index contributed by atoms with van der Waals surface area (Å²) < 4.78 is 22.6. The van der Waals surface area contributed by atoms with Crippen LogP contribution in [-0.2, 0) is 13.6 Å². The molecule has 0 spiro atoms. The molecule has 0 aliphatic carbocycles. The lowest BCUT2D eigenvalue weighted by Crippen LogP contribution is -2.00. The van der Waals surface area contributed by atoms with E-state index in [0.29, 0.717) is 0 Å². The minimum atomic E-state index is -3.10. The van der Waals surface area contributed by atoms with Crippen LogP contribution in [0.5, 0.6) is 0 Å². The van der Waals surface area contributed by atoms with Crippen LogP contribution in [-0.4, -0.2) is 14.2 Å². The summed E-state index contributed by atoms with van der Waals surface area (Å²) in [7, 11) is -0.253. The molecule has 2 aromatic rings. The van der Waals surface area contributed by atoms with E-state index < -0.39 is 7.60 Å². The first-order valence-corrected chi connectivity index (χ1v) is 7.42. The highest BCUT2D eigenvalue weighted by Crippen LogP contribution is 2.60. The molecule has 1 atom stereocenters. The summed E-state index contributed by atoms with van der Waals surface area (Å²) >= 11 is 0. The summed E-state index contributed by atoms with van der Waals surface area (Å²) in [5.41, 5.74) is 0.693. The van der Waals surface area contributed by atoms with Gasteiger partial charge >= 0.3 is 7.60 Å². The lowest BCUT2D eigenvalue weighted by Gasteiger charge is -2.22. The van der Waals surface area contributed by atoms with Gasteiger partial charge < -0.3 is 9.05 Å². The molecule has 0 bridgehead atoms. The van der Waals surface area contributed by atoms with Gasteiger partial charge in [0.15, 0.2) is 0 Å². The Morgan fingerprint density at radius 1 is 1.00 bits per heavy atom. The summed E-state index contributed by atoms with van der Waals surface area (Å²) in [5, 5.41) is 2.21. The molecule has 0 aromatic heterocycles. The van der Waals surface area contributed by atoms with Crippen LogP contribution in [0.15, 0.2) is 42.5 Å². The van der Waals surface area contributed by atoms with Gasteiger partial charge in [-0.3, -0.25) is 4.57 Å². The minimum Gasteiger partial charge on any atom is -0.312 e. The Morgan fingerprint density at radius 2 is 1.61 bits per heavy atom. The number of benzene rings is 2. The van der Waals surface area contributed by atoms with Gasteiger partial charge in [-0.15, -0.1) is 0 Å². The predicted octanol–water partition coefficient (Wildman–Crippen LogP) is 4.39. The second kappa shape index (κ2) is 5.23. The maximum absolute atomic E-state index is 12.5. The molecular formula is C14H17O3P. The summed E-state index contributed by atoms with van der Waals surface area (Å²) in [4.78, 5) is 0. The van der Waals surface area contributed by atoms with E-state index in [1.807, 2.05) is 49.4 Å². The van der Waals surface area contributed by atoms with Crippen LogP contribution >= 0.6 is 7.60 Å². The van der Waals surface area contributed by atoms with Gasteiger partial charge in [-0.25, -0.2) is 0 Å². The van der Waals surface area contributed by atoms with Gasteiger partial charge in [-0.1, -0.05) is 42.5 Å². The fourth-order valence-corrected chi connectivity index (χ4v) is 3.52. The van der Waals surface area contributed by atoms with Gasteiger partial charge in [-0.05, 0) is 23.3 Å². The molecule has 0 fully saturated rings. The maximum Gasteiger partial charge on any atom is 0.337 e. The largest absolute Gasteiger partial charge is 0.337 e. The van der Waals surface area contributed by atoms with Crippen LogP contribution in [0, 0.1) is 0 Å². The fourth-order valence-electron chi connectivity index (χ4n) is 2.18. The van der Waals surface area contributed by atoms with Gasteiger partial charge in [0.05, 0.1) is 5.66 Å². The van der Waals surface area contributed by atoms with E-state index in [9.17, 15) is 4.57 Å². The Labute approximate surface area is 107 Å². The van der Waals surface area contributed by atoms with Gasteiger partial charge in [0.1, 0.15) is 0 Å². The number of fused-ring (bicyclic) bond motifs is 1. The molecule has 0 N–H and O–H groups in total. The lowest BCUT2D eigenvalue weighted by molar-refractivity contribution is 0.268. The standard InChI is InChI=1S/C14H17O3P/c1-11(18(15,16-2)17-3)13-10-6-8-12-7-4-5-9-14(12)13/h4-11H,1-3H3/t11-/m1/s1. The van der Waals surface area contributed by atoms with Crippen LogP contribution in [0.3, 0.4) is 0 Å². The van der Waals surface area contributed by atoms with Gasteiger partial charge in [-0.2, -0.15) is 0 Å². The van der Waals surface area contributed by atoms with Crippen molar-refractivity contribution in [2.45, 2.75) is 12.6 Å². The summed E-state index contributed by atoms with van der Waals surface area (Å²) in [6.45, 7) is 1.87. The molecule has 0 unspecified atom stereocenters. The highest BCUT2D eigenvalue weighted by molar-refractivity contribution is 7.54. The molecule has 2 rings (SSSR count). The van der Waals surface area contributed by atoms with Crippen LogP contribution in [0.4, 0.5) is 0 Å². The number of rotatable bonds is 4. The molecule has 3 nitrogen and oxygen atoms in total. The molecule has 0 radical (unpaired) electrons. The highest BCUT2D eigenvalue weighted by Gasteiger charge is 2.32.